The Labute approximate surface area is 142 Å². The molecule has 1 aliphatic carbocycles. The Bertz CT molecular complexity index is 431. The quantitative estimate of drug-likeness (QED) is 0.779. The molecule has 4 aliphatic heterocycles. The van der Waals surface area contributed by atoms with Crippen LogP contribution in [0.2, 0.25) is 0 Å². The minimum absolute atomic E-state index is 0.530. The number of piperidine rings is 4. The van der Waals surface area contributed by atoms with Crippen molar-refractivity contribution < 1.29 is 0 Å². The number of hydrogen-bond donors (Lipinski definition) is 2. The molecule has 5 rings (SSSR count). The van der Waals surface area contributed by atoms with Crippen molar-refractivity contribution in [2.24, 2.45) is 17.3 Å². The molecule has 130 valence electrons. The van der Waals surface area contributed by atoms with Crippen molar-refractivity contribution in [3.63, 3.8) is 0 Å². The fourth-order valence-electron chi connectivity index (χ4n) is 7.36. The van der Waals surface area contributed by atoms with Crippen molar-refractivity contribution in [3.8, 4) is 0 Å². The summed E-state index contributed by atoms with van der Waals surface area (Å²) in [6.07, 6.45) is 14.6. The van der Waals surface area contributed by atoms with Crippen LogP contribution < -0.4 is 10.6 Å². The molecule has 0 radical (unpaired) electrons. The van der Waals surface area contributed by atoms with Crippen LogP contribution in [-0.2, 0) is 0 Å². The van der Waals surface area contributed by atoms with Crippen molar-refractivity contribution in [1.82, 2.24) is 15.5 Å². The van der Waals surface area contributed by atoms with E-state index in [1.54, 1.807) is 0 Å². The first-order valence-electron chi connectivity index (χ1n) is 10.6. The maximum Gasteiger partial charge on any atom is 0.0179 e. The highest BCUT2D eigenvalue weighted by molar-refractivity contribution is 5.14. The van der Waals surface area contributed by atoms with Gasteiger partial charge in [0.1, 0.15) is 0 Å². The van der Waals surface area contributed by atoms with Gasteiger partial charge in [0.05, 0.1) is 0 Å². The summed E-state index contributed by atoms with van der Waals surface area (Å²) in [5.74, 6) is 1.96. The standard InChI is InChI=1S/C20H35N3/c1-3-9-21-18(8-1)20-13-16(12-15-6-5-10-22-19(15)20)17-7-2-4-11-23(17)14-20/h15-19,21-22H,1-14H2/t15-,16?,17+,18+,19-,20+/m1/s1. The van der Waals surface area contributed by atoms with Gasteiger partial charge in [0.15, 0.2) is 0 Å². The first-order valence-corrected chi connectivity index (χ1v) is 10.6. The molecule has 0 aromatic rings. The Kier molecular flexibility index (Phi) is 3.95. The Morgan fingerprint density at radius 1 is 0.826 bits per heavy atom. The molecule has 4 heterocycles. The molecule has 3 nitrogen and oxygen atoms in total. The second kappa shape index (κ2) is 6.00. The number of rotatable bonds is 1. The van der Waals surface area contributed by atoms with Crippen LogP contribution in [0.3, 0.4) is 0 Å². The van der Waals surface area contributed by atoms with Gasteiger partial charge in [-0.05, 0) is 82.8 Å². The van der Waals surface area contributed by atoms with Crippen LogP contribution in [0, 0.1) is 17.3 Å². The summed E-state index contributed by atoms with van der Waals surface area (Å²) in [6.45, 7) is 5.30. The molecule has 2 bridgehead atoms. The number of fused-ring (bicyclic) bond motifs is 6. The van der Waals surface area contributed by atoms with Gasteiger partial charge in [0.2, 0.25) is 0 Å². The van der Waals surface area contributed by atoms with E-state index < -0.39 is 0 Å². The summed E-state index contributed by atoms with van der Waals surface area (Å²) < 4.78 is 0. The molecule has 4 saturated heterocycles. The van der Waals surface area contributed by atoms with Gasteiger partial charge in [0.25, 0.3) is 0 Å². The second-order valence-corrected chi connectivity index (χ2v) is 9.30. The summed E-state index contributed by atoms with van der Waals surface area (Å²) in [7, 11) is 0. The number of nitrogens with zero attached hydrogens (tertiary/aromatic N) is 1. The molecule has 5 fully saturated rings. The molecule has 1 unspecified atom stereocenters. The Morgan fingerprint density at radius 3 is 2.65 bits per heavy atom. The Hall–Kier alpha value is -0.120. The van der Waals surface area contributed by atoms with Crippen LogP contribution >= 0.6 is 0 Å². The first kappa shape index (κ1) is 15.2. The molecule has 3 heteroatoms. The molecule has 0 amide bonds. The van der Waals surface area contributed by atoms with Gasteiger partial charge in [-0.25, -0.2) is 0 Å². The summed E-state index contributed by atoms with van der Waals surface area (Å²) in [6, 6.07) is 2.51. The van der Waals surface area contributed by atoms with Crippen molar-refractivity contribution >= 4 is 0 Å². The van der Waals surface area contributed by atoms with Crippen LogP contribution in [0.5, 0.6) is 0 Å². The lowest BCUT2D eigenvalue weighted by Crippen LogP contribution is -2.72. The van der Waals surface area contributed by atoms with E-state index in [2.05, 4.69) is 15.5 Å². The molecule has 6 atom stereocenters. The summed E-state index contributed by atoms with van der Waals surface area (Å²) in [5.41, 5.74) is 0.530. The monoisotopic (exact) mass is 317 g/mol. The van der Waals surface area contributed by atoms with Gasteiger partial charge in [-0.1, -0.05) is 12.8 Å². The predicted octanol–water partition coefficient (Wildman–Crippen LogP) is 2.76. The SMILES string of the molecule is C1CC[C@@H]([C@@]23CC(C[C@H]4CCCN[C@H]42)[C@@H]2CCCCN2C3)NC1. The highest BCUT2D eigenvalue weighted by atomic mass is 15.2. The third-order valence-corrected chi connectivity index (χ3v) is 8.16. The van der Waals surface area contributed by atoms with Gasteiger partial charge >= 0.3 is 0 Å². The van der Waals surface area contributed by atoms with Crippen LogP contribution in [0.1, 0.15) is 64.2 Å². The number of hydrogen-bond acceptors (Lipinski definition) is 3. The molecule has 1 saturated carbocycles. The molecule has 0 aromatic carbocycles. The first-order chi connectivity index (χ1) is 11.4. The summed E-state index contributed by atoms with van der Waals surface area (Å²) >= 11 is 0. The van der Waals surface area contributed by atoms with E-state index in [9.17, 15) is 0 Å². The van der Waals surface area contributed by atoms with E-state index in [1.807, 2.05) is 0 Å². The van der Waals surface area contributed by atoms with Crippen molar-refractivity contribution in [2.45, 2.75) is 82.3 Å². The lowest BCUT2D eigenvalue weighted by atomic mass is 9.52. The van der Waals surface area contributed by atoms with Crippen LogP contribution in [0.4, 0.5) is 0 Å². The highest BCUT2D eigenvalue weighted by Crippen LogP contribution is 2.55. The Morgan fingerprint density at radius 2 is 1.74 bits per heavy atom. The maximum absolute atomic E-state index is 4.04. The lowest BCUT2D eigenvalue weighted by Gasteiger charge is -2.64. The summed E-state index contributed by atoms with van der Waals surface area (Å²) in [4.78, 5) is 2.94. The van der Waals surface area contributed by atoms with E-state index in [4.69, 9.17) is 0 Å². The average Bonchev–Trinajstić information content (AvgIpc) is 2.63. The molecular weight excluding hydrogens is 282 g/mol. The fourth-order valence-corrected chi connectivity index (χ4v) is 7.36. The normalized spacial score (nSPS) is 50.9. The zero-order valence-corrected chi connectivity index (χ0v) is 14.7. The third kappa shape index (κ3) is 2.41. The van der Waals surface area contributed by atoms with Crippen LogP contribution in [-0.4, -0.2) is 49.2 Å². The summed E-state index contributed by atoms with van der Waals surface area (Å²) in [5, 5.41) is 8.04. The lowest BCUT2D eigenvalue weighted by molar-refractivity contribution is -0.117. The Balaban J connectivity index is 1.50. The highest BCUT2D eigenvalue weighted by Gasteiger charge is 2.58. The van der Waals surface area contributed by atoms with Crippen molar-refractivity contribution in [3.05, 3.63) is 0 Å². The third-order valence-electron chi connectivity index (χ3n) is 8.16. The second-order valence-electron chi connectivity index (χ2n) is 9.30. The van der Waals surface area contributed by atoms with Crippen LogP contribution in [0.15, 0.2) is 0 Å². The number of nitrogens with one attached hydrogen (secondary N) is 2. The topological polar surface area (TPSA) is 27.3 Å². The van der Waals surface area contributed by atoms with Gasteiger partial charge in [-0.2, -0.15) is 0 Å². The molecule has 5 aliphatic rings. The van der Waals surface area contributed by atoms with Gasteiger partial charge < -0.3 is 10.6 Å². The molecule has 0 spiro atoms. The predicted molar refractivity (Wildman–Crippen MR) is 94.5 cm³/mol. The fraction of sp³-hybridized carbons (Fsp3) is 1.00. The van der Waals surface area contributed by atoms with E-state index in [0.717, 1.165) is 30.0 Å². The van der Waals surface area contributed by atoms with E-state index >= 15 is 0 Å². The molecule has 0 aromatic heterocycles. The van der Waals surface area contributed by atoms with E-state index in [1.165, 1.54) is 90.4 Å². The van der Waals surface area contributed by atoms with E-state index in [-0.39, 0.29) is 0 Å². The smallest absolute Gasteiger partial charge is 0.0179 e. The van der Waals surface area contributed by atoms with Gasteiger partial charge in [-0.15, -0.1) is 0 Å². The van der Waals surface area contributed by atoms with Gasteiger partial charge in [-0.3, -0.25) is 4.90 Å². The largest absolute Gasteiger partial charge is 0.313 e. The zero-order chi connectivity index (χ0) is 15.3. The van der Waals surface area contributed by atoms with Gasteiger partial charge in [0, 0.05) is 30.1 Å². The maximum atomic E-state index is 4.04. The molecule has 23 heavy (non-hydrogen) atoms. The van der Waals surface area contributed by atoms with Crippen molar-refractivity contribution in [1.29, 1.82) is 0 Å². The van der Waals surface area contributed by atoms with Crippen LogP contribution in [0.25, 0.3) is 0 Å². The van der Waals surface area contributed by atoms with E-state index in [0.29, 0.717) is 5.41 Å². The molecular formula is C20H35N3. The minimum atomic E-state index is 0.530. The zero-order valence-electron chi connectivity index (χ0n) is 14.7. The molecule has 2 N–H and O–H groups in total. The van der Waals surface area contributed by atoms with Crippen molar-refractivity contribution in [2.75, 3.05) is 26.2 Å². The minimum Gasteiger partial charge on any atom is -0.313 e. The average molecular weight is 318 g/mol.